The second-order valence-corrected chi connectivity index (χ2v) is 31.5. The molecular weight excluding hydrogens is 1710 g/mol. The fraction of sp³-hybridized carbons (Fsp3) is 0.333. The number of carbonyl (C=O) groups excluding carboxylic acids is 12. The van der Waals surface area contributed by atoms with E-state index < -0.39 is 301 Å². The molecule has 6 aliphatic heterocycles. The van der Waals surface area contributed by atoms with Gasteiger partial charge in [0.15, 0.2) is 0 Å². The number of hydrogen-bond donors (Lipinski definition) is 12. The Morgan fingerprint density at radius 1 is 0.250 bits per heavy atom. The van der Waals surface area contributed by atoms with E-state index in [4.69, 9.17) is 71.4 Å². The highest BCUT2D eigenvalue weighted by atomic mass is 16.2. The lowest BCUT2D eigenvalue weighted by atomic mass is 9.90. The minimum Gasteiger partial charge on any atom is -0.398 e. The minimum atomic E-state index is -3.01. The number of nitrogen functional groups attached to an aromatic ring is 6. The van der Waals surface area contributed by atoms with Gasteiger partial charge in [0.1, 0.15) is 68.2 Å². The molecule has 6 aliphatic rings. The van der Waals surface area contributed by atoms with Gasteiger partial charge in [-0.15, -0.1) is 0 Å². The van der Waals surface area contributed by atoms with Crippen LogP contribution in [0.5, 0.6) is 0 Å². The maximum atomic E-state index is 13.3. The van der Waals surface area contributed by atoms with E-state index in [-0.39, 0.29) is 177 Å². The number of rotatable bonds is 6. The Hall–Kier alpha value is -16.2. The summed E-state index contributed by atoms with van der Waals surface area (Å²) in [7, 11) is 0. The van der Waals surface area contributed by atoms with Crippen molar-refractivity contribution in [2.75, 3.05) is 34.4 Å². The van der Waals surface area contributed by atoms with E-state index in [2.05, 4.69) is 45.9 Å². The molecule has 0 radical (unpaired) electrons. The maximum Gasteiger partial charge on any atom is 0.264 e. The Morgan fingerprint density at radius 2 is 0.386 bits per heavy atom. The van der Waals surface area contributed by atoms with Crippen molar-refractivity contribution in [3.63, 3.8) is 0 Å². The van der Waals surface area contributed by atoms with Gasteiger partial charge in [-0.25, -0.2) is 29.9 Å². The number of fused-ring (bicyclic) bond motifs is 6. The molecule has 0 aliphatic carbocycles. The second-order valence-electron chi connectivity index (χ2n) is 31.5. The Labute approximate surface area is 785 Å². The van der Waals surface area contributed by atoms with E-state index in [0.29, 0.717) is 13.7 Å². The predicted molar refractivity (Wildman–Crippen MR) is 487 cm³/mol. The molecule has 4 unspecified atom stereocenters. The van der Waals surface area contributed by atoms with Crippen molar-refractivity contribution in [3.8, 4) is 0 Å². The van der Waals surface area contributed by atoms with Crippen LogP contribution in [0.1, 0.15) is 190 Å². The van der Waals surface area contributed by atoms with Crippen LogP contribution < -0.4 is 99.7 Å². The maximum absolute atomic E-state index is 13.3. The van der Waals surface area contributed by atoms with Gasteiger partial charge in [0.2, 0.25) is 35.4 Å². The molecule has 6 saturated heterocycles. The number of nitrogens with two attached hydrogens (primary N) is 6. The number of nitrogens with zero attached hydrogens (tertiary/aromatic N) is 12. The van der Waals surface area contributed by atoms with E-state index in [1.165, 1.54) is 62.3 Å². The zero-order chi connectivity index (χ0) is 120. The second kappa shape index (κ2) is 35.1. The zero-order valence-electron chi connectivity index (χ0n) is 98.2. The van der Waals surface area contributed by atoms with Crippen molar-refractivity contribution in [3.05, 3.63) is 206 Å². The molecule has 42 heteroatoms. The fourth-order valence-corrected chi connectivity index (χ4v) is 15.9. The molecule has 132 heavy (non-hydrogen) atoms. The molecule has 18 N–H and O–H groups in total. The van der Waals surface area contributed by atoms with E-state index >= 15 is 0 Å². The van der Waals surface area contributed by atoms with Crippen molar-refractivity contribution in [1.82, 2.24) is 89.2 Å². The highest BCUT2D eigenvalue weighted by Gasteiger charge is 2.49. The summed E-state index contributed by atoms with van der Waals surface area (Å²) in [6.45, 7) is 3.89. The summed E-state index contributed by atoms with van der Waals surface area (Å²) >= 11 is 0. The molecule has 42 nitrogen and oxygen atoms in total. The normalized spacial score (nSPS) is 25.1. The predicted octanol–water partition coefficient (Wildman–Crippen LogP) is 2.63. The summed E-state index contributed by atoms with van der Waals surface area (Å²) in [6, 6.07) is -8.45. The van der Waals surface area contributed by atoms with Gasteiger partial charge >= 0.3 is 0 Å². The van der Waals surface area contributed by atoms with Gasteiger partial charge in [0.05, 0.1) is 90.1 Å². The average Bonchev–Trinajstić information content (AvgIpc) is 0.705. The van der Waals surface area contributed by atoms with Gasteiger partial charge in [-0.1, -0.05) is 36.3 Å². The molecule has 684 valence electrons. The summed E-state index contributed by atoms with van der Waals surface area (Å²) in [5, 5.41) is 10.8. The third-order valence-electron chi connectivity index (χ3n) is 22.8. The monoisotopic (exact) mass is 1830 g/mol. The first kappa shape index (κ1) is 63.7. The molecule has 18 rings (SSSR count). The summed E-state index contributed by atoms with van der Waals surface area (Å²) in [5.74, 6) is -8.68. The van der Waals surface area contributed by atoms with Crippen LogP contribution >= 0.6 is 0 Å². The summed E-state index contributed by atoms with van der Waals surface area (Å²) in [5.41, 5.74) is 15.5. The van der Waals surface area contributed by atoms with Crippen LogP contribution in [0.4, 0.5) is 34.1 Å². The number of hydrogen-bond acceptors (Lipinski definition) is 30. The van der Waals surface area contributed by atoms with Crippen LogP contribution in [-0.4, -0.2) is 128 Å². The largest absolute Gasteiger partial charge is 0.398 e. The summed E-state index contributed by atoms with van der Waals surface area (Å²) < 4.78 is 218. The number of benzene rings is 6. The number of aromatic nitrogens is 12. The SMILES string of the molecule is [2H]c1c([2H])c(N)c2c(=O)n(C3(C([2H])([2H])[2H])CCC(=O)NC3=O)c(C)nc2c1[2H].[2H]c1c([2H])c(N)c2c(=O)n(C3(C([2H])([2H])[2H])CCC(=O)NC3=O)c(C)nc2c1[2H].[2H]c1c([2H])c(N)c2c(=O)n(C3(C([2H])([2H])[2H])CCC(=O)NC3=O)c(C)nc2c1[2H].[2H]c1c([2H])c(N)c2c(=O)n(C3(C)CCC(=O)NC3=O)c(C)nc2c1[2H].[2H]c1c([2H])c(N)c2c(=O)n([C@@]3(C)CCC(=O)NC3=O)c(C)nc2c1[2H].[2H]c1c([2H])c(N)c2c(=O)n([C@]3(C)CCC(=O)NC3=O)c(C)nc2c1[2H]. The van der Waals surface area contributed by atoms with Gasteiger partial charge in [0.25, 0.3) is 68.8 Å². The van der Waals surface area contributed by atoms with Gasteiger partial charge in [0, 0.05) is 85.0 Å². The van der Waals surface area contributed by atoms with E-state index in [0.717, 1.165) is 13.7 Å². The first-order valence-corrected chi connectivity index (χ1v) is 39.6. The Kier molecular flexibility index (Phi) is 16.9. The Balaban J connectivity index is 0.000000158. The van der Waals surface area contributed by atoms with Crippen LogP contribution in [0.15, 0.2) is 138 Å². The molecule has 6 atom stereocenters. The number of aryl methyl sites for hydroxylation is 6. The van der Waals surface area contributed by atoms with Crippen molar-refractivity contribution in [2.45, 2.75) is 193 Å². The molecule has 12 aromatic rings. The summed E-state index contributed by atoms with van der Waals surface area (Å²) in [4.78, 5) is 248. The molecule has 6 fully saturated rings. The number of amides is 12. The first-order chi connectivity index (χ1) is 73.3. The van der Waals surface area contributed by atoms with E-state index in [1.807, 2.05) is 16.0 Å². The fourth-order valence-electron chi connectivity index (χ4n) is 15.9. The molecule has 0 saturated carbocycles. The molecular formula is C90H96N24O18. The third-order valence-corrected chi connectivity index (χ3v) is 22.8. The number of piperidine rings is 6. The number of nitrogens with one attached hydrogen (secondary N) is 6. The van der Waals surface area contributed by atoms with Gasteiger partial charge < -0.3 is 34.4 Å². The molecule has 0 bridgehead atoms. The highest BCUT2D eigenvalue weighted by molar-refractivity contribution is 6.07. The Morgan fingerprint density at radius 3 is 0.523 bits per heavy atom. The van der Waals surface area contributed by atoms with Crippen molar-refractivity contribution in [1.29, 1.82) is 0 Å². The zero-order valence-corrected chi connectivity index (χ0v) is 71.2. The van der Waals surface area contributed by atoms with E-state index in [9.17, 15) is 86.3 Å². The van der Waals surface area contributed by atoms with Crippen LogP contribution in [0.3, 0.4) is 0 Å². The van der Waals surface area contributed by atoms with Crippen LogP contribution in [0.2, 0.25) is 0 Å². The van der Waals surface area contributed by atoms with Crippen molar-refractivity contribution < 1.29 is 94.5 Å². The van der Waals surface area contributed by atoms with Crippen molar-refractivity contribution >= 4 is 170 Å². The van der Waals surface area contributed by atoms with Gasteiger partial charge in [-0.2, -0.15) is 0 Å². The standard InChI is InChI=1S/6C15H16N4O3/c6*1-8-17-10-5-3-4-9(16)12(10)13(21)19(8)15(2)7-6-11(20)18-14(15)22/h6*3-5H,6-7,16H2,1-2H3,(H,18,20,22)/t2*15-;;;;/m10..../s1/i2*3D,4D,5D;3*2D3,3D,4D,5D;3D,4D,5D. The lowest BCUT2D eigenvalue weighted by molar-refractivity contribution is -0.141. The minimum absolute atomic E-state index is 0.0701. The molecule has 12 amide bonds. The molecule has 6 aromatic heterocycles. The first-order valence-electron chi connectivity index (χ1n) is 53.1. The quantitative estimate of drug-likeness (QED) is 0.0841. The van der Waals surface area contributed by atoms with Crippen LogP contribution in [0, 0.1) is 41.5 Å². The van der Waals surface area contributed by atoms with Gasteiger partial charge in [-0.3, -0.25) is 146 Å². The highest BCUT2D eigenvalue weighted by Crippen LogP contribution is 2.35. The third kappa shape index (κ3) is 16.5. The number of carbonyl (C=O) groups is 12. The lowest BCUT2D eigenvalue weighted by Crippen LogP contribution is -2.56. The topological polar surface area (TPSA) is 642 Å². The molecule has 6 aromatic carbocycles. The lowest BCUT2D eigenvalue weighted by Gasteiger charge is -2.34. The van der Waals surface area contributed by atoms with Crippen LogP contribution in [-0.2, 0) is 90.8 Å². The van der Waals surface area contributed by atoms with E-state index in [1.54, 1.807) is 0 Å². The Bertz CT molecular complexity index is 8200. The molecule has 0 spiro atoms. The average molecular weight is 1830 g/mol. The number of anilines is 6. The smallest absolute Gasteiger partial charge is 0.264 e. The van der Waals surface area contributed by atoms with Crippen molar-refractivity contribution in [2.24, 2.45) is 0 Å². The van der Waals surface area contributed by atoms with Gasteiger partial charge in [-0.05, 0) is 194 Å². The molecule has 12 heterocycles. The van der Waals surface area contributed by atoms with Crippen LogP contribution in [0.25, 0.3) is 65.4 Å². The number of imide groups is 6. The summed E-state index contributed by atoms with van der Waals surface area (Å²) in [6.07, 6.45) is -1.73.